The Bertz CT molecular complexity index is 605. The first-order valence-electron chi connectivity index (χ1n) is 5.94. The number of hydrogen-bond donors (Lipinski definition) is 1. The van der Waals surface area contributed by atoms with Gasteiger partial charge < -0.3 is 4.57 Å². The summed E-state index contributed by atoms with van der Waals surface area (Å²) in [5.74, 6) is 0.244. The van der Waals surface area contributed by atoms with Crippen LogP contribution in [0.4, 0.5) is 0 Å². The molecule has 0 aliphatic carbocycles. The van der Waals surface area contributed by atoms with Crippen LogP contribution in [0.3, 0.4) is 0 Å². The summed E-state index contributed by atoms with van der Waals surface area (Å²) in [5.41, 5.74) is -0.360. The van der Waals surface area contributed by atoms with Crippen LogP contribution in [-0.2, 0) is 27.9 Å². The highest BCUT2D eigenvalue weighted by Gasteiger charge is 2.32. The first-order valence-corrected chi connectivity index (χ1v) is 9.53. The molecule has 0 aliphatic heterocycles. The van der Waals surface area contributed by atoms with Crippen LogP contribution in [0, 0.1) is 5.41 Å². The molecule has 2 atom stereocenters. The predicted molar refractivity (Wildman–Crippen MR) is 80.7 cm³/mol. The van der Waals surface area contributed by atoms with Gasteiger partial charge in [-0.3, -0.25) is 4.21 Å². The fourth-order valence-electron chi connectivity index (χ4n) is 1.57. The quantitative estimate of drug-likeness (QED) is 0.871. The molecule has 0 saturated carbocycles. The van der Waals surface area contributed by atoms with Crippen molar-refractivity contribution in [1.82, 2.24) is 14.3 Å². The summed E-state index contributed by atoms with van der Waals surface area (Å²) in [6.07, 6.45) is 2.75. The number of hydrogen-bond acceptors (Lipinski definition) is 4. The molecule has 0 radical (unpaired) electrons. The van der Waals surface area contributed by atoms with Gasteiger partial charge in [0.25, 0.3) is 10.0 Å². The molecule has 0 aromatic carbocycles. The second-order valence-electron chi connectivity index (χ2n) is 5.70. The number of nitrogens with zero attached hydrogens (tertiary/aromatic N) is 2. The van der Waals surface area contributed by atoms with E-state index in [9.17, 15) is 12.6 Å². The largest absolute Gasteiger partial charge is 0.308 e. The summed E-state index contributed by atoms with van der Waals surface area (Å²) in [5, 5.41) is 0.0791. The number of rotatable bonds is 5. The third-order valence-corrected chi connectivity index (χ3v) is 5.59. The van der Waals surface area contributed by atoms with E-state index >= 15 is 0 Å². The fourth-order valence-corrected chi connectivity index (χ4v) is 4.48. The van der Waals surface area contributed by atoms with E-state index in [1.54, 1.807) is 6.26 Å². The molecule has 1 aromatic heterocycles. The maximum Gasteiger partial charge on any atom is 0.258 e. The predicted octanol–water partition coefficient (Wildman–Crippen LogP) is 1.15. The average Bonchev–Trinajstić information content (AvgIpc) is 2.57. The molecule has 0 fully saturated rings. The van der Waals surface area contributed by atoms with E-state index in [0.29, 0.717) is 0 Å². The molecule has 0 spiro atoms. The number of nitrogens with one attached hydrogen (secondary N) is 1. The van der Waals surface area contributed by atoms with Gasteiger partial charge in [-0.05, 0) is 17.0 Å². The minimum atomic E-state index is -3.77. The summed E-state index contributed by atoms with van der Waals surface area (Å²) < 4.78 is 40.1. The Balaban J connectivity index is 3.09. The third-order valence-electron chi connectivity index (χ3n) is 2.91. The molecule has 20 heavy (non-hydrogen) atoms. The lowest BCUT2D eigenvalue weighted by Gasteiger charge is -2.30. The molecule has 2 unspecified atom stereocenters. The average molecular weight is 342 g/mol. The second-order valence-corrected chi connectivity index (χ2v) is 9.18. The van der Waals surface area contributed by atoms with Gasteiger partial charge in [-0.2, -0.15) is 0 Å². The topological polar surface area (TPSA) is 81.1 Å². The Hall–Kier alpha value is -0.440. The molecule has 0 aliphatic rings. The maximum absolute atomic E-state index is 12.4. The number of aromatic nitrogens is 2. The normalized spacial score (nSPS) is 16.1. The molecule has 9 heteroatoms. The van der Waals surface area contributed by atoms with Gasteiger partial charge in [0.1, 0.15) is 0 Å². The molecule has 1 rings (SSSR count). The molecule has 116 valence electrons. The highest BCUT2D eigenvalue weighted by Crippen LogP contribution is 2.23. The van der Waals surface area contributed by atoms with E-state index in [0.717, 1.165) is 0 Å². The highest BCUT2D eigenvalue weighted by molar-refractivity contribution is 7.89. The van der Waals surface area contributed by atoms with E-state index in [2.05, 4.69) is 9.71 Å². The van der Waals surface area contributed by atoms with Gasteiger partial charge in [0.15, 0.2) is 5.03 Å². The molecule has 0 bridgehead atoms. The van der Waals surface area contributed by atoms with Crippen LogP contribution < -0.4 is 4.72 Å². The molecule has 6 nitrogen and oxygen atoms in total. The zero-order chi connectivity index (χ0) is 15.7. The number of sulfonamides is 1. The molecule has 0 amide bonds. The van der Waals surface area contributed by atoms with Crippen LogP contribution >= 0.6 is 11.6 Å². The van der Waals surface area contributed by atoms with Gasteiger partial charge in [-0.15, -0.1) is 0 Å². The zero-order valence-electron chi connectivity index (χ0n) is 12.2. The molecule has 1 aromatic rings. The van der Waals surface area contributed by atoms with Gasteiger partial charge >= 0.3 is 0 Å². The molecule has 1 N–H and O–H groups in total. The number of halogens is 1. The van der Waals surface area contributed by atoms with Crippen molar-refractivity contribution < 1.29 is 12.6 Å². The number of imidazole rings is 1. The van der Waals surface area contributed by atoms with Gasteiger partial charge in [-0.1, -0.05) is 20.8 Å². The highest BCUT2D eigenvalue weighted by atomic mass is 35.5. The Labute approximate surface area is 127 Å². The van der Waals surface area contributed by atoms with Gasteiger partial charge in [0.2, 0.25) is 5.28 Å². The molecular weight excluding hydrogens is 322 g/mol. The summed E-state index contributed by atoms with van der Waals surface area (Å²) in [6, 6.07) is -0.452. The van der Waals surface area contributed by atoms with E-state index in [-0.39, 0.29) is 21.5 Å². The fraction of sp³-hybridized carbons (Fsp3) is 0.727. The zero-order valence-corrected chi connectivity index (χ0v) is 14.6. The van der Waals surface area contributed by atoms with Crippen molar-refractivity contribution in [3.05, 3.63) is 11.5 Å². The van der Waals surface area contributed by atoms with Crippen LogP contribution in [0.5, 0.6) is 0 Å². The van der Waals surface area contributed by atoms with Gasteiger partial charge in [0.05, 0.1) is 6.20 Å². The van der Waals surface area contributed by atoms with Crippen molar-refractivity contribution in [3.8, 4) is 0 Å². The van der Waals surface area contributed by atoms with E-state index in [1.807, 2.05) is 20.8 Å². The molecule has 1 heterocycles. The van der Waals surface area contributed by atoms with Crippen molar-refractivity contribution >= 4 is 32.4 Å². The first kappa shape index (κ1) is 17.6. The smallest absolute Gasteiger partial charge is 0.258 e. The molecular formula is C11H20ClN3O3S2. The maximum atomic E-state index is 12.4. The van der Waals surface area contributed by atoms with Crippen LogP contribution in [0.15, 0.2) is 11.2 Å². The standard InChI is InChI=1S/C11H20ClN3O3S2/c1-11(2,3)8(7-19(5)16)14-20(17,18)9-6-13-10(12)15(9)4/h6,8,14H,7H2,1-5H3. The third kappa shape index (κ3) is 4.28. The Kier molecular flexibility index (Phi) is 5.40. The Morgan fingerprint density at radius 2 is 2.05 bits per heavy atom. The lowest BCUT2D eigenvalue weighted by Crippen LogP contribution is -2.47. The van der Waals surface area contributed by atoms with Gasteiger partial charge in [-0.25, -0.2) is 18.1 Å². The molecule has 0 saturated heterocycles. The van der Waals surface area contributed by atoms with Crippen LogP contribution in [0.2, 0.25) is 5.28 Å². The minimum Gasteiger partial charge on any atom is -0.308 e. The lowest BCUT2D eigenvalue weighted by atomic mass is 9.89. The summed E-state index contributed by atoms with van der Waals surface area (Å²) in [4.78, 5) is 3.76. The van der Waals surface area contributed by atoms with E-state index in [1.165, 1.54) is 17.8 Å². The van der Waals surface area contributed by atoms with E-state index in [4.69, 9.17) is 11.6 Å². The SMILES string of the molecule is Cn1c(S(=O)(=O)NC(CS(C)=O)C(C)(C)C)cnc1Cl. The van der Waals surface area contributed by atoms with Crippen LogP contribution in [0.1, 0.15) is 20.8 Å². The Morgan fingerprint density at radius 3 is 2.40 bits per heavy atom. The summed E-state index contributed by atoms with van der Waals surface area (Å²) in [6.45, 7) is 5.68. The van der Waals surface area contributed by atoms with Crippen molar-refractivity contribution in [2.45, 2.75) is 31.8 Å². The first-order chi connectivity index (χ1) is 8.95. The van der Waals surface area contributed by atoms with Crippen molar-refractivity contribution in [2.75, 3.05) is 12.0 Å². The van der Waals surface area contributed by atoms with Crippen molar-refractivity contribution in [1.29, 1.82) is 0 Å². The van der Waals surface area contributed by atoms with Crippen LogP contribution in [0.25, 0.3) is 0 Å². The summed E-state index contributed by atoms with van der Waals surface area (Å²) in [7, 11) is -3.35. The van der Waals surface area contributed by atoms with Crippen molar-refractivity contribution in [3.63, 3.8) is 0 Å². The monoisotopic (exact) mass is 341 g/mol. The van der Waals surface area contributed by atoms with Crippen molar-refractivity contribution in [2.24, 2.45) is 12.5 Å². The summed E-state index contributed by atoms with van der Waals surface area (Å²) >= 11 is 5.76. The van der Waals surface area contributed by atoms with E-state index < -0.39 is 26.9 Å². The lowest BCUT2D eigenvalue weighted by molar-refractivity contribution is 0.320. The van der Waals surface area contributed by atoms with Crippen LogP contribution in [-0.4, -0.2) is 40.2 Å². The second kappa shape index (κ2) is 6.13. The minimum absolute atomic E-state index is 0.0152. The van der Waals surface area contributed by atoms with Gasteiger partial charge in [0, 0.05) is 35.9 Å². The Morgan fingerprint density at radius 1 is 1.50 bits per heavy atom.